The molecular formula is C30H29N3O5. The molecule has 1 N–H and O–H groups in total. The summed E-state index contributed by atoms with van der Waals surface area (Å²) in [5.41, 5.74) is -0.242. The number of nitrogens with zero attached hydrogens (tertiary/aromatic N) is 2. The predicted octanol–water partition coefficient (Wildman–Crippen LogP) is 4.57. The molecule has 0 fully saturated rings. The standard InChI is InChI=1S/C30H29N3O5/c1-19(34)33-23-16-10-8-14-21(23)25(35)26(33)30(31-28(37)38-29(2,3)4)22-15-9-11-17-24(22)32(27(30)36)18-20-12-6-5-7-13-20/h5-17,26H,18H2,1-4H3,(H,31,37)/t26-,30+/m1/s1. The number of para-hydroxylation sites is 2. The summed E-state index contributed by atoms with van der Waals surface area (Å²) >= 11 is 0. The van der Waals surface area contributed by atoms with Crippen molar-refractivity contribution >= 4 is 35.1 Å². The first-order chi connectivity index (χ1) is 18.0. The Morgan fingerprint density at radius 2 is 1.50 bits per heavy atom. The average Bonchev–Trinajstić information content (AvgIpc) is 3.29. The van der Waals surface area contributed by atoms with Crippen LogP contribution in [0.2, 0.25) is 0 Å². The summed E-state index contributed by atoms with van der Waals surface area (Å²) in [5.74, 6) is -1.38. The van der Waals surface area contributed by atoms with Crippen molar-refractivity contribution in [1.29, 1.82) is 0 Å². The molecule has 38 heavy (non-hydrogen) atoms. The molecule has 5 rings (SSSR count). The van der Waals surface area contributed by atoms with Crippen molar-refractivity contribution in [2.45, 2.75) is 51.4 Å². The van der Waals surface area contributed by atoms with E-state index in [1.54, 1.807) is 74.2 Å². The molecule has 3 aromatic rings. The molecule has 0 aromatic heterocycles. The second-order valence-electron chi connectivity index (χ2n) is 10.5. The third kappa shape index (κ3) is 4.02. The van der Waals surface area contributed by atoms with E-state index >= 15 is 0 Å². The molecule has 0 bridgehead atoms. The lowest BCUT2D eigenvalue weighted by Gasteiger charge is -2.39. The van der Waals surface area contributed by atoms with E-state index in [4.69, 9.17) is 4.74 Å². The number of amides is 3. The van der Waals surface area contributed by atoms with Gasteiger partial charge in [-0.1, -0.05) is 60.7 Å². The lowest BCUT2D eigenvalue weighted by atomic mass is 9.81. The zero-order chi connectivity index (χ0) is 27.2. The third-order valence-electron chi connectivity index (χ3n) is 6.77. The van der Waals surface area contributed by atoms with Crippen molar-refractivity contribution in [3.05, 3.63) is 95.6 Å². The molecule has 194 valence electrons. The molecular weight excluding hydrogens is 482 g/mol. The van der Waals surface area contributed by atoms with Crippen LogP contribution in [0.15, 0.2) is 78.9 Å². The molecule has 3 aromatic carbocycles. The number of carbonyl (C=O) groups excluding carboxylic acids is 4. The number of ketones is 1. The normalized spacial score (nSPS) is 20.3. The van der Waals surface area contributed by atoms with Crippen LogP contribution in [0.4, 0.5) is 16.2 Å². The Bertz CT molecular complexity index is 1450. The van der Waals surface area contributed by atoms with E-state index in [2.05, 4.69) is 5.32 Å². The highest BCUT2D eigenvalue weighted by atomic mass is 16.6. The molecule has 0 aliphatic carbocycles. The van der Waals surface area contributed by atoms with Gasteiger partial charge < -0.3 is 15.0 Å². The van der Waals surface area contributed by atoms with Gasteiger partial charge in [-0.3, -0.25) is 19.3 Å². The van der Waals surface area contributed by atoms with Gasteiger partial charge in [0.2, 0.25) is 5.91 Å². The van der Waals surface area contributed by atoms with Crippen LogP contribution in [0.3, 0.4) is 0 Å². The number of fused-ring (bicyclic) bond motifs is 2. The quantitative estimate of drug-likeness (QED) is 0.554. The lowest BCUT2D eigenvalue weighted by molar-refractivity contribution is -0.125. The van der Waals surface area contributed by atoms with E-state index in [0.717, 1.165) is 5.56 Å². The van der Waals surface area contributed by atoms with Gasteiger partial charge in [-0.25, -0.2) is 4.79 Å². The maximum absolute atomic E-state index is 14.6. The fourth-order valence-electron chi connectivity index (χ4n) is 5.36. The van der Waals surface area contributed by atoms with Gasteiger partial charge >= 0.3 is 6.09 Å². The largest absolute Gasteiger partial charge is 0.444 e. The maximum Gasteiger partial charge on any atom is 0.408 e. The van der Waals surface area contributed by atoms with Gasteiger partial charge in [0.15, 0.2) is 11.3 Å². The smallest absolute Gasteiger partial charge is 0.408 e. The summed E-state index contributed by atoms with van der Waals surface area (Å²) in [6.45, 7) is 6.69. The molecule has 0 saturated heterocycles. The monoisotopic (exact) mass is 511 g/mol. The predicted molar refractivity (Wildman–Crippen MR) is 143 cm³/mol. The van der Waals surface area contributed by atoms with Crippen LogP contribution in [-0.2, 0) is 26.4 Å². The lowest BCUT2D eigenvalue weighted by Crippen LogP contribution is -2.66. The number of carbonyl (C=O) groups is 4. The van der Waals surface area contributed by atoms with Crippen molar-refractivity contribution in [2.75, 3.05) is 9.80 Å². The number of anilines is 2. The van der Waals surface area contributed by atoms with Gasteiger partial charge in [-0.05, 0) is 44.5 Å². The van der Waals surface area contributed by atoms with Gasteiger partial charge in [0.25, 0.3) is 5.91 Å². The summed E-state index contributed by atoms with van der Waals surface area (Å²) in [7, 11) is 0. The van der Waals surface area contributed by atoms with E-state index in [1.165, 1.54) is 11.8 Å². The Kier molecular flexibility index (Phi) is 6.06. The Morgan fingerprint density at radius 3 is 2.16 bits per heavy atom. The number of nitrogens with one attached hydrogen (secondary N) is 1. The minimum atomic E-state index is -1.92. The molecule has 2 aliphatic heterocycles. The topological polar surface area (TPSA) is 96.0 Å². The van der Waals surface area contributed by atoms with Gasteiger partial charge in [-0.2, -0.15) is 0 Å². The summed E-state index contributed by atoms with van der Waals surface area (Å²) in [6.07, 6.45) is -0.866. The minimum Gasteiger partial charge on any atom is -0.444 e. The fraction of sp³-hybridized carbons (Fsp3) is 0.267. The molecule has 8 nitrogen and oxygen atoms in total. The third-order valence-corrected chi connectivity index (χ3v) is 6.77. The first kappa shape index (κ1) is 25.2. The minimum absolute atomic E-state index is 0.211. The second kappa shape index (κ2) is 9.13. The molecule has 2 aliphatic rings. The molecule has 2 heterocycles. The van der Waals surface area contributed by atoms with Crippen LogP contribution in [0.25, 0.3) is 0 Å². The van der Waals surface area contributed by atoms with Crippen LogP contribution in [0.1, 0.15) is 49.2 Å². The number of ether oxygens (including phenoxy) is 1. The number of Topliss-reactive ketones (excluding diaryl/α,β-unsaturated/α-hetero) is 1. The van der Waals surface area contributed by atoms with E-state index < -0.39 is 40.9 Å². The van der Waals surface area contributed by atoms with Gasteiger partial charge in [0.05, 0.1) is 17.9 Å². The summed E-state index contributed by atoms with van der Waals surface area (Å²) in [5, 5.41) is 2.80. The van der Waals surface area contributed by atoms with Crippen molar-refractivity contribution < 1.29 is 23.9 Å². The van der Waals surface area contributed by atoms with Crippen LogP contribution in [0.5, 0.6) is 0 Å². The van der Waals surface area contributed by atoms with Crippen LogP contribution in [0, 0.1) is 0 Å². The van der Waals surface area contributed by atoms with Gasteiger partial charge in [0, 0.05) is 18.1 Å². The Hall–Kier alpha value is -4.46. The molecule has 0 saturated carbocycles. The van der Waals surface area contributed by atoms with Crippen molar-refractivity contribution in [3.8, 4) is 0 Å². The van der Waals surface area contributed by atoms with Gasteiger partial charge in [-0.15, -0.1) is 0 Å². The van der Waals surface area contributed by atoms with E-state index in [1.807, 2.05) is 30.3 Å². The van der Waals surface area contributed by atoms with Gasteiger partial charge in [0.1, 0.15) is 11.6 Å². The molecule has 2 atom stereocenters. The number of rotatable bonds is 4. The summed E-state index contributed by atoms with van der Waals surface area (Å²) in [4.78, 5) is 57.9. The molecule has 0 radical (unpaired) electrons. The number of hydrogen-bond donors (Lipinski definition) is 1. The molecule has 0 unspecified atom stereocenters. The average molecular weight is 512 g/mol. The number of benzene rings is 3. The Morgan fingerprint density at radius 1 is 0.895 bits per heavy atom. The molecule has 0 spiro atoms. The SMILES string of the molecule is CC(=O)N1c2ccccc2C(=O)[C@@H]1[C@]1(NC(=O)OC(C)(C)C)C(=O)N(Cc2ccccc2)c2ccccc21. The highest BCUT2D eigenvalue weighted by Gasteiger charge is 2.64. The first-order valence-electron chi connectivity index (χ1n) is 12.4. The zero-order valence-electron chi connectivity index (χ0n) is 21.7. The Labute approximate surface area is 221 Å². The molecule has 8 heteroatoms. The van der Waals surface area contributed by atoms with Crippen molar-refractivity contribution in [2.24, 2.45) is 0 Å². The second-order valence-corrected chi connectivity index (χ2v) is 10.5. The van der Waals surface area contributed by atoms with E-state index in [0.29, 0.717) is 22.5 Å². The van der Waals surface area contributed by atoms with Crippen LogP contribution >= 0.6 is 0 Å². The van der Waals surface area contributed by atoms with E-state index in [9.17, 15) is 19.2 Å². The van der Waals surface area contributed by atoms with Crippen LogP contribution < -0.4 is 15.1 Å². The zero-order valence-corrected chi connectivity index (χ0v) is 21.7. The number of alkyl carbamates (subject to hydrolysis) is 1. The highest BCUT2D eigenvalue weighted by molar-refractivity contribution is 6.23. The van der Waals surface area contributed by atoms with Crippen LogP contribution in [-0.4, -0.2) is 35.3 Å². The maximum atomic E-state index is 14.6. The highest BCUT2D eigenvalue weighted by Crippen LogP contribution is 2.49. The molecule has 3 amide bonds. The Balaban J connectivity index is 1.72. The van der Waals surface area contributed by atoms with Crippen molar-refractivity contribution in [1.82, 2.24) is 5.32 Å². The first-order valence-corrected chi connectivity index (χ1v) is 12.4. The summed E-state index contributed by atoms with van der Waals surface area (Å²) in [6, 6.07) is 21.8. The van der Waals surface area contributed by atoms with E-state index in [-0.39, 0.29) is 6.54 Å². The van der Waals surface area contributed by atoms with Crippen molar-refractivity contribution in [3.63, 3.8) is 0 Å². The number of hydrogen-bond acceptors (Lipinski definition) is 5. The summed E-state index contributed by atoms with van der Waals surface area (Å²) < 4.78 is 5.57. The fourth-order valence-corrected chi connectivity index (χ4v) is 5.36.